The number of carbonyl (C=O) groups excluding carboxylic acids is 2. The van der Waals surface area contributed by atoms with Gasteiger partial charge in [0.05, 0.1) is 31.4 Å². The van der Waals surface area contributed by atoms with Crippen LogP contribution in [0.15, 0.2) is 54.6 Å². The van der Waals surface area contributed by atoms with E-state index < -0.39 is 17.7 Å². The number of carbonyl (C=O) groups is 2. The number of nitrogens with zero attached hydrogens (tertiary/aromatic N) is 2. The summed E-state index contributed by atoms with van der Waals surface area (Å²) in [5.74, 6) is 0.277. The Morgan fingerprint density at radius 3 is 2.66 bits per heavy atom. The molecule has 218 valence electrons. The molecular weight excluding hydrogens is 524 g/mol. The topological polar surface area (TPSA) is 97.8 Å². The number of fused-ring (bicyclic) bond motifs is 1. The van der Waals surface area contributed by atoms with E-state index in [1.807, 2.05) is 26.0 Å². The fourth-order valence-corrected chi connectivity index (χ4v) is 5.70. The summed E-state index contributed by atoms with van der Waals surface area (Å²) in [4.78, 5) is 30.9. The Morgan fingerprint density at radius 2 is 1.90 bits per heavy atom. The molecule has 2 aromatic carbocycles. The number of rotatable bonds is 11. The van der Waals surface area contributed by atoms with Gasteiger partial charge in [0.2, 0.25) is 0 Å². The predicted molar refractivity (Wildman–Crippen MR) is 154 cm³/mol. The van der Waals surface area contributed by atoms with E-state index in [9.17, 15) is 14.7 Å². The Labute approximate surface area is 240 Å². The van der Waals surface area contributed by atoms with Gasteiger partial charge in [-0.2, -0.15) is 0 Å². The summed E-state index contributed by atoms with van der Waals surface area (Å²) >= 11 is 0. The number of Topliss-reactive ketones (excluding diaryl/α,β-unsaturated/α-hetero) is 1. The molecule has 0 aromatic heterocycles. The van der Waals surface area contributed by atoms with Gasteiger partial charge < -0.3 is 29.0 Å². The van der Waals surface area contributed by atoms with E-state index in [2.05, 4.69) is 11.5 Å². The van der Waals surface area contributed by atoms with Gasteiger partial charge in [-0.1, -0.05) is 18.7 Å². The fourth-order valence-electron chi connectivity index (χ4n) is 5.70. The lowest BCUT2D eigenvalue weighted by Gasteiger charge is -2.29. The molecule has 1 N–H and O–H groups in total. The molecule has 3 aliphatic heterocycles. The first-order valence-electron chi connectivity index (χ1n) is 14.3. The van der Waals surface area contributed by atoms with E-state index in [0.717, 1.165) is 30.9 Å². The SMILES string of the molecule is C=CCOc1ccc([C@@H]2C(=C(O)c3ccc4c(c3)C[C@@H](C)O4)C(=O)C(=O)N2CCCN2CCOCC2)cc1OCC. The Hall–Kier alpha value is -3.82. The van der Waals surface area contributed by atoms with Crippen molar-refractivity contribution in [2.75, 3.05) is 52.6 Å². The maximum absolute atomic E-state index is 13.6. The summed E-state index contributed by atoms with van der Waals surface area (Å²) in [6.07, 6.45) is 3.07. The van der Waals surface area contributed by atoms with Crippen LogP contribution in [-0.4, -0.2) is 85.3 Å². The molecule has 2 fully saturated rings. The number of likely N-dealkylation sites (tertiary alicyclic amines) is 1. The quantitative estimate of drug-likeness (QED) is 0.189. The van der Waals surface area contributed by atoms with Crippen LogP contribution in [0.25, 0.3) is 5.76 Å². The number of ether oxygens (including phenoxy) is 4. The number of morpholine rings is 1. The van der Waals surface area contributed by atoms with Crippen molar-refractivity contribution in [2.24, 2.45) is 0 Å². The second-order valence-electron chi connectivity index (χ2n) is 10.5. The minimum atomic E-state index is -0.782. The van der Waals surface area contributed by atoms with Crippen molar-refractivity contribution in [1.82, 2.24) is 9.80 Å². The number of aliphatic hydroxyl groups is 1. The highest BCUT2D eigenvalue weighted by Gasteiger charge is 2.46. The van der Waals surface area contributed by atoms with Gasteiger partial charge in [0.25, 0.3) is 11.7 Å². The molecule has 1 amide bonds. The largest absolute Gasteiger partial charge is 0.507 e. The third kappa shape index (κ3) is 6.11. The molecule has 2 saturated heterocycles. The second kappa shape index (κ2) is 12.8. The molecule has 0 spiro atoms. The Kier molecular flexibility index (Phi) is 8.95. The summed E-state index contributed by atoms with van der Waals surface area (Å²) in [6.45, 7) is 12.5. The van der Waals surface area contributed by atoms with Gasteiger partial charge in [0.15, 0.2) is 11.5 Å². The zero-order valence-electron chi connectivity index (χ0n) is 23.8. The lowest BCUT2D eigenvalue weighted by atomic mass is 9.94. The molecule has 0 radical (unpaired) electrons. The van der Waals surface area contributed by atoms with Crippen molar-refractivity contribution in [3.05, 3.63) is 71.3 Å². The van der Waals surface area contributed by atoms with Crippen LogP contribution in [0.4, 0.5) is 0 Å². The first kappa shape index (κ1) is 28.7. The van der Waals surface area contributed by atoms with Gasteiger partial charge in [-0.3, -0.25) is 14.5 Å². The summed E-state index contributed by atoms with van der Waals surface area (Å²) in [5.41, 5.74) is 2.16. The lowest BCUT2D eigenvalue weighted by Crippen LogP contribution is -2.39. The fraction of sp³-hybridized carbons (Fsp3) is 0.438. The first-order chi connectivity index (χ1) is 19.9. The van der Waals surface area contributed by atoms with E-state index in [1.54, 1.807) is 35.2 Å². The molecule has 41 heavy (non-hydrogen) atoms. The molecule has 9 heteroatoms. The molecule has 3 heterocycles. The van der Waals surface area contributed by atoms with Gasteiger partial charge in [0, 0.05) is 38.2 Å². The number of ketones is 1. The molecular formula is C32H38N2O7. The smallest absolute Gasteiger partial charge is 0.295 e. The number of hydrogen-bond acceptors (Lipinski definition) is 8. The lowest BCUT2D eigenvalue weighted by molar-refractivity contribution is -0.140. The van der Waals surface area contributed by atoms with Gasteiger partial charge in [-0.25, -0.2) is 0 Å². The Morgan fingerprint density at radius 1 is 1.10 bits per heavy atom. The van der Waals surface area contributed by atoms with Crippen molar-refractivity contribution in [1.29, 1.82) is 0 Å². The maximum Gasteiger partial charge on any atom is 0.295 e. The molecule has 2 atom stereocenters. The van der Waals surface area contributed by atoms with E-state index >= 15 is 0 Å². The summed E-state index contributed by atoms with van der Waals surface area (Å²) < 4.78 is 22.9. The third-order valence-corrected chi connectivity index (χ3v) is 7.63. The molecule has 0 saturated carbocycles. The summed E-state index contributed by atoms with van der Waals surface area (Å²) in [5, 5.41) is 11.6. The van der Waals surface area contributed by atoms with Crippen LogP contribution in [0.1, 0.15) is 43.0 Å². The van der Waals surface area contributed by atoms with E-state index in [1.165, 1.54) is 0 Å². The Balaban J connectivity index is 1.53. The average Bonchev–Trinajstić information content (AvgIpc) is 3.48. The monoisotopic (exact) mass is 562 g/mol. The molecule has 9 nitrogen and oxygen atoms in total. The zero-order valence-corrected chi connectivity index (χ0v) is 23.8. The molecule has 0 bridgehead atoms. The van der Waals surface area contributed by atoms with E-state index in [0.29, 0.717) is 68.4 Å². The number of amides is 1. The first-order valence-corrected chi connectivity index (χ1v) is 14.3. The summed E-state index contributed by atoms with van der Waals surface area (Å²) in [7, 11) is 0. The van der Waals surface area contributed by atoms with Crippen molar-refractivity contribution >= 4 is 17.4 Å². The molecule has 0 unspecified atom stereocenters. The average molecular weight is 563 g/mol. The molecule has 0 aliphatic carbocycles. The van der Waals surface area contributed by atoms with Crippen molar-refractivity contribution in [3.63, 3.8) is 0 Å². The van der Waals surface area contributed by atoms with Crippen LogP contribution in [0, 0.1) is 0 Å². The standard InChI is InChI=1S/C32H38N2O7/c1-4-15-40-26-10-7-22(20-27(26)39-5-2)29-28(30(35)23-8-9-25-24(19-23)18-21(3)41-25)31(36)32(37)34(29)12-6-11-33-13-16-38-17-14-33/h4,7-10,19-21,29,35H,1,5-6,11-18H2,2-3H3/t21-,29-/m1/s1. The van der Waals surface area contributed by atoms with Gasteiger partial charge in [0.1, 0.15) is 24.2 Å². The second-order valence-corrected chi connectivity index (χ2v) is 10.5. The van der Waals surface area contributed by atoms with Crippen molar-refractivity contribution < 1.29 is 33.6 Å². The minimum Gasteiger partial charge on any atom is -0.507 e. The van der Waals surface area contributed by atoms with Gasteiger partial charge in [-0.05, 0) is 61.7 Å². The normalized spacial score (nSPS) is 22.0. The highest BCUT2D eigenvalue weighted by molar-refractivity contribution is 6.46. The highest BCUT2D eigenvalue weighted by Crippen LogP contribution is 2.43. The third-order valence-electron chi connectivity index (χ3n) is 7.63. The molecule has 5 rings (SSSR count). The van der Waals surface area contributed by atoms with Crippen LogP contribution in [-0.2, 0) is 20.7 Å². The molecule has 2 aromatic rings. The highest BCUT2D eigenvalue weighted by atomic mass is 16.5. The van der Waals surface area contributed by atoms with Crippen LogP contribution in [0.3, 0.4) is 0 Å². The maximum atomic E-state index is 13.6. The van der Waals surface area contributed by atoms with Crippen molar-refractivity contribution in [2.45, 2.75) is 38.8 Å². The van der Waals surface area contributed by atoms with E-state index in [-0.39, 0.29) is 17.4 Å². The number of aliphatic hydroxyl groups excluding tert-OH is 1. The predicted octanol–water partition coefficient (Wildman–Crippen LogP) is 4.12. The number of benzene rings is 2. The Bertz CT molecular complexity index is 1330. The number of hydrogen-bond donors (Lipinski definition) is 1. The van der Waals surface area contributed by atoms with Crippen LogP contribution < -0.4 is 14.2 Å². The minimum absolute atomic E-state index is 0.0400. The van der Waals surface area contributed by atoms with Crippen LogP contribution in [0.2, 0.25) is 0 Å². The van der Waals surface area contributed by atoms with Crippen LogP contribution >= 0.6 is 0 Å². The van der Waals surface area contributed by atoms with Crippen LogP contribution in [0.5, 0.6) is 17.2 Å². The zero-order chi connectivity index (χ0) is 28.9. The van der Waals surface area contributed by atoms with Crippen molar-refractivity contribution in [3.8, 4) is 17.2 Å². The summed E-state index contributed by atoms with van der Waals surface area (Å²) in [6, 6.07) is 9.97. The molecule has 3 aliphatic rings. The van der Waals surface area contributed by atoms with Gasteiger partial charge in [-0.15, -0.1) is 0 Å². The van der Waals surface area contributed by atoms with E-state index in [4.69, 9.17) is 18.9 Å². The van der Waals surface area contributed by atoms with Gasteiger partial charge >= 0.3 is 0 Å².